The highest BCUT2D eigenvalue weighted by Crippen LogP contribution is 2.36. The molecule has 0 bridgehead atoms. The third-order valence-electron chi connectivity index (χ3n) is 4.95. The molecule has 0 radical (unpaired) electrons. The molecule has 0 saturated heterocycles. The Bertz CT molecular complexity index is 1250. The van der Waals surface area contributed by atoms with Crippen LogP contribution in [0.5, 0.6) is 0 Å². The Labute approximate surface area is 182 Å². The molecule has 0 spiro atoms. The number of anilines is 1. The summed E-state index contributed by atoms with van der Waals surface area (Å²) >= 11 is 12.5. The topological polar surface area (TPSA) is 42.7 Å². The summed E-state index contributed by atoms with van der Waals surface area (Å²) in [4.78, 5) is 4.69. The number of fused-ring (bicyclic) bond motifs is 1. The molecule has 0 saturated carbocycles. The van der Waals surface area contributed by atoms with Crippen molar-refractivity contribution >= 4 is 34.8 Å². The number of nitrogens with one attached hydrogen (secondary N) is 1. The van der Waals surface area contributed by atoms with Crippen molar-refractivity contribution in [3.63, 3.8) is 0 Å². The van der Waals surface area contributed by atoms with Crippen LogP contribution in [0.1, 0.15) is 17.2 Å². The predicted octanol–water partition coefficient (Wildman–Crippen LogP) is 6.45. The molecule has 4 nitrogen and oxygen atoms in total. The Morgan fingerprint density at radius 2 is 1.57 bits per heavy atom. The van der Waals surface area contributed by atoms with Crippen molar-refractivity contribution in [1.29, 1.82) is 0 Å². The Morgan fingerprint density at radius 3 is 2.30 bits per heavy atom. The minimum Gasteiger partial charge on any atom is -0.324 e. The third kappa shape index (κ3) is 3.47. The fourth-order valence-corrected chi connectivity index (χ4v) is 3.82. The Morgan fingerprint density at radius 1 is 0.867 bits per heavy atom. The van der Waals surface area contributed by atoms with Crippen LogP contribution < -0.4 is 5.32 Å². The van der Waals surface area contributed by atoms with Gasteiger partial charge < -0.3 is 5.32 Å². The van der Waals surface area contributed by atoms with Gasteiger partial charge in [-0.15, -0.1) is 5.10 Å². The number of benzene rings is 3. The molecule has 1 unspecified atom stereocenters. The summed E-state index contributed by atoms with van der Waals surface area (Å²) in [5, 5.41) is 9.32. The molecule has 4 aromatic rings. The Balaban J connectivity index is 1.64. The molecular formula is C23H15Cl2FN4. The second-order valence-electron chi connectivity index (χ2n) is 6.89. The van der Waals surface area contributed by atoms with E-state index in [1.165, 1.54) is 12.1 Å². The average Bonchev–Trinajstić information content (AvgIpc) is 3.19. The molecule has 30 heavy (non-hydrogen) atoms. The van der Waals surface area contributed by atoms with Crippen LogP contribution in [0.3, 0.4) is 0 Å². The van der Waals surface area contributed by atoms with Crippen molar-refractivity contribution in [2.75, 3.05) is 5.32 Å². The van der Waals surface area contributed by atoms with Gasteiger partial charge in [-0.05, 0) is 71.8 Å². The molecule has 0 amide bonds. The smallest absolute Gasteiger partial charge is 0.227 e. The molecule has 1 N–H and O–H groups in total. The largest absolute Gasteiger partial charge is 0.324 e. The number of hydrogen-bond acceptors (Lipinski definition) is 3. The first kappa shape index (κ1) is 18.9. The SMILES string of the molecule is Fc1ccc(C2=CC(c3ccccc3Cl)n3nc(-c4ccc(Cl)cc4)nc3N2)cc1. The molecule has 0 fully saturated rings. The summed E-state index contributed by atoms with van der Waals surface area (Å²) in [5.74, 6) is 0.859. The number of aromatic nitrogens is 3. The number of halogens is 3. The van der Waals surface area contributed by atoms with Crippen LogP contribution in [0, 0.1) is 5.82 Å². The van der Waals surface area contributed by atoms with Gasteiger partial charge in [-0.3, -0.25) is 0 Å². The quantitative estimate of drug-likeness (QED) is 0.401. The fraction of sp³-hybridized carbons (Fsp3) is 0.0435. The van der Waals surface area contributed by atoms with Gasteiger partial charge in [0.1, 0.15) is 11.9 Å². The van der Waals surface area contributed by atoms with Crippen molar-refractivity contribution in [2.45, 2.75) is 6.04 Å². The molecule has 7 heteroatoms. The second-order valence-corrected chi connectivity index (χ2v) is 7.73. The van der Waals surface area contributed by atoms with E-state index in [1.807, 2.05) is 42.5 Å². The lowest BCUT2D eigenvalue weighted by atomic mass is 10.0. The van der Waals surface area contributed by atoms with Gasteiger partial charge in [0, 0.05) is 21.3 Å². The van der Waals surface area contributed by atoms with E-state index in [1.54, 1.807) is 28.9 Å². The van der Waals surface area contributed by atoms with Gasteiger partial charge in [-0.1, -0.05) is 41.4 Å². The molecule has 5 rings (SSSR count). The summed E-state index contributed by atoms with van der Waals surface area (Å²) < 4.78 is 15.2. The molecule has 1 atom stereocenters. The van der Waals surface area contributed by atoms with Gasteiger partial charge in [-0.25, -0.2) is 9.07 Å². The van der Waals surface area contributed by atoms with Crippen LogP contribution in [0.25, 0.3) is 17.1 Å². The maximum absolute atomic E-state index is 13.4. The van der Waals surface area contributed by atoms with E-state index in [0.717, 1.165) is 22.4 Å². The standard InChI is InChI=1S/C23H15Cl2FN4/c24-16-9-5-15(6-10-16)22-28-23-27-20(14-7-11-17(26)12-8-14)13-21(30(23)29-22)18-3-1-2-4-19(18)25/h1-13,21H,(H,27,28,29). The zero-order valence-electron chi connectivity index (χ0n) is 15.6. The summed E-state index contributed by atoms with van der Waals surface area (Å²) in [7, 11) is 0. The zero-order chi connectivity index (χ0) is 20.7. The second kappa shape index (κ2) is 7.59. The van der Waals surface area contributed by atoms with Gasteiger partial charge in [0.25, 0.3) is 0 Å². The molecule has 2 heterocycles. The first-order chi connectivity index (χ1) is 14.6. The number of rotatable bonds is 3. The van der Waals surface area contributed by atoms with Gasteiger partial charge in [0.15, 0.2) is 5.82 Å². The lowest BCUT2D eigenvalue weighted by Gasteiger charge is -2.25. The molecule has 1 aliphatic heterocycles. The van der Waals surface area contributed by atoms with Crippen molar-refractivity contribution in [2.24, 2.45) is 0 Å². The molecule has 148 valence electrons. The van der Waals surface area contributed by atoms with Gasteiger partial charge >= 0.3 is 0 Å². The normalized spacial score (nSPS) is 15.3. The van der Waals surface area contributed by atoms with Crippen molar-refractivity contribution in [3.05, 3.63) is 106 Å². The number of nitrogens with zero attached hydrogens (tertiary/aromatic N) is 3. The van der Waals surface area contributed by atoms with E-state index in [2.05, 4.69) is 10.3 Å². The first-order valence-electron chi connectivity index (χ1n) is 9.30. The number of hydrogen-bond donors (Lipinski definition) is 1. The Hall–Kier alpha value is -3.15. The van der Waals surface area contributed by atoms with E-state index in [4.69, 9.17) is 28.3 Å². The van der Waals surface area contributed by atoms with Crippen LogP contribution in [0.2, 0.25) is 10.0 Å². The van der Waals surface area contributed by atoms with Gasteiger partial charge in [0.05, 0.1) is 0 Å². The zero-order valence-corrected chi connectivity index (χ0v) is 17.1. The highest BCUT2D eigenvalue weighted by atomic mass is 35.5. The molecule has 0 aliphatic carbocycles. The molecule has 1 aliphatic rings. The minimum absolute atomic E-state index is 0.274. The Kier molecular flexibility index (Phi) is 4.77. The molecule has 3 aromatic carbocycles. The number of allylic oxidation sites excluding steroid dienone is 1. The van der Waals surface area contributed by atoms with Crippen molar-refractivity contribution < 1.29 is 4.39 Å². The van der Waals surface area contributed by atoms with E-state index in [0.29, 0.717) is 21.8 Å². The van der Waals surface area contributed by atoms with E-state index >= 15 is 0 Å². The maximum atomic E-state index is 13.4. The first-order valence-corrected chi connectivity index (χ1v) is 10.1. The summed E-state index contributed by atoms with van der Waals surface area (Å²) in [6.45, 7) is 0. The van der Waals surface area contributed by atoms with Crippen molar-refractivity contribution in [3.8, 4) is 11.4 Å². The van der Waals surface area contributed by atoms with Crippen LogP contribution >= 0.6 is 23.2 Å². The van der Waals surface area contributed by atoms with Crippen LogP contribution in [-0.2, 0) is 0 Å². The van der Waals surface area contributed by atoms with Crippen LogP contribution in [0.15, 0.2) is 78.9 Å². The molecule has 1 aromatic heterocycles. The highest BCUT2D eigenvalue weighted by molar-refractivity contribution is 6.31. The highest BCUT2D eigenvalue weighted by Gasteiger charge is 2.27. The third-order valence-corrected chi connectivity index (χ3v) is 5.54. The van der Waals surface area contributed by atoms with E-state index < -0.39 is 0 Å². The summed E-state index contributed by atoms with van der Waals surface area (Å²) in [6.07, 6.45) is 2.02. The summed E-state index contributed by atoms with van der Waals surface area (Å²) in [6, 6.07) is 21.0. The average molecular weight is 437 g/mol. The lowest BCUT2D eigenvalue weighted by molar-refractivity contribution is 0.613. The fourth-order valence-electron chi connectivity index (χ4n) is 3.45. The minimum atomic E-state index is -0.286. The van der Waals surface area contributed by atoms with Crippen LogP contribution in [0.4, 0.5) is 10.3 Å². The maximum Gasteiger partial charge on any atom is 0.227 e. The summed E-state index contributed by atoms with van der Waals surface area (Å²) in [5.41, 5.74) is 3.40. The predicted molar refractivity (Wildman–Crippen MR) is 118 cm³/mol. The van der Waals surface area contributed by atoms with E-state index in [9.17, 15) is 4.39 Å². The van der Waals surface area contributed by atoms with Gasteiger partial charge in [-0.2, -0.15) is 4.98 Å². The van der Waals surface area contributed by atoms with Gasteiger partial charge in [0.2, 0.25) is 5.95 Å². The van der Waals surface area contributed by atoms with Crippen molar-refractivity contribution in [1.82, 2.24) is 14.8 Å². The van der Waals surface area contributed by atoms with E-state index in [-0.39, 0.29) is 11.9 Å². The monoisotopic (exact) mass is 436 g/mol. The lowest BCUT2D eigenvalue weighted by Crippen LogP contribution is -2.20. The molecular weight excluding hydrogens is 422 g/mol. The van der Waals surface area contributed by atoms with Crippen LogP contribution in [-0.4, -0.2) is 14.8 Å².